The number of methoxy groups -OCH3 is 2. The van der Waals surface area contributed by atoms with Gasteiger partial charge in [-0.25, -0.2) is 9.38 Å². The van der Waals surface area contributed by atoms with E-state index in [1.54, 1.807) is 36.8 Å². The number of benzene rings is 1. The van der Waals surface area contributed by atoms with Crippen LogP contribution in [0.15, 0.2) is 33.5 Å². The summed E-state index contributed by atoms with van der Waals surface area (Å²) in [7, 11) is 3.13. The Hall–Kier alpha value is -2.80. The highest BCUT2D eigenvalue weighted by Crippen LogP contribution is 2.32. The average Bonchev–Trinajstić information content (AvgIpc) is 3.22. The van der Waals surface area contributed by atoms with Crippen LogP contribution in [0.4, 0.5) is 0 Å². The van der Waals surface area contributed by atoms with Crippen molar-refractivity contribution in [2.24, 2.45) is 0 Å². The summed E-state index contributed by atoms with van der Waals surface area (Å²) in [6.45, 7) is 1.86. The predicted molar refractivity (Wildman–Crippen MR) is 92.2 cm³/mol. The van der Waals surface area contributed by atoms with E-state index in [-0.39, 0.29) is 5.56 Å². The van der Waals surface area contributed by atoms with Gasteiger partial charge in [-0.3, -0.25) is 4.79 Å². The van der Waals surface area contributed by atoms with E-state index in [4.69, 9.17) is 13.9 Å². The van der Waals surface area contributed by atoms with Gasteiger partial charge in [-0.15, -0.1) is 0 Å². The van der Waals surface area contributed by atoms with Crippen LogP contribution >= 0.6 is 11.3 Å². The topological polar surface area (TPSA) is 66.0 Å². The third kappa shape index (κ3) is 2.16. The molecule has 4 rings (SSSR count). The van der Waals surface area contributed by atoms with Gasteiger partial charge in [-0.2, -0.15) is 0 Å². The number of nitrogens with zero attached hydrogens (tertiary/aromatic N) is 2. The fourth-order valence-electron chi connectivity index (χ4n) is 2.65. The highest BCUT2D eigenvalue weighted by molar-refractivity contribution is 7.15. The Morgan fingerprint density at radius 1 is 1.21 bits per heavy atom. The molecule has 0 amide bonds. The maximum Gasteiger partial charge on any atom is 0.275 e. The smallest absolute Gasteiger partial charge is 0.275 e. The summed E-state index contributed by atoms with van der Waals surface area (Å²) >= 11 is 1.32. The van der Waals surface area contributed by atoms with Gasteiger partial charge < -0.3 is 13.9 Å². The zero-order valence-electron chi connectivity index (χ0n) is 13.3. The molecule has 24 heavy (non-hydrogen) atoms. The highest BCUT2D eigenvalue weighted by Gasteiger charge is 2.15. The lowest BCUT2D eigenvalue weighted by Crippen LogP contribution is -2.22. The molecule has 1 aromatic carbocycles. The molecule has 0 bridgehead atoms. The molecule has 0 aliphatic rings. The van der Waals surface area contributed by atoms with Crippen molar-refractivity contribution in [3.63, 3.8) is 0 Å². The zero-order valence-corrected chi connectivity index (χ0v) is 14.1. The summed E-state index contributed by atoms with van der Waals surface area (Å²) in [4.78, 5) is 17.9. The predicted octanol–water partition coefficient (Wildman–Crippen LogP) is 2.38. The van der Waals surface area contributed by atoms with Gasteiger partial charge in [0, 0.05) is 18.2 Å². The number of furan rings is 1. The lowest BCUT2D eigenvalue weighted by atomic mass is 10.2. The molecule has 4 aromatic rings. The minimum atomic E-state index is -0.126. The molecule has 3 aromatic heterocycles. The summed E-state index contributed by atoms with van der Waals surface area (Å²) in [6.07, 6.45) is 1.74. The number of hydrogen-bond acceptors (Lipinski definition) is 6. The van der Waals surface area contributed by atoms with Gasteiger partial charge in [-0.1, -0.05) is 11.3 Å². The van der Waals surface area contributed by atoms with Crippen molar-refractivity contribution in [1.82, 2.24) is 9.38 Å². The van der Waals surface area contributed by atoms with Gasteiger partial charge in [0.1, 0.15) is 16.1 Å². The summed E-state index contributed by atoms with van der Waals surface area (Å²) in [5.74, 6) is 2.60. The van der Waals surface area contributed by atoms with Crippen molar-refractivity contribution in [3.05, 3.63) is 50.7 Å². The fourth-order valence-corrected chi connectivity index (χ4v) is 3.62. The van der Waals surface area contributed by atoms with Gasteiger partial charge in [0.05, 0.1) is 25.3 Å². The van der Waals surface area contributed by atoms with E-state index in [0.29, 0.717) is 37.8 Å². The van der Waals surface area contributed by atoms with Crippen molar-refractivity contribution in [2.75, 3.05) is 14.2 Å². The Labute approximate surface area is 140 Å². The Morgan fingerprint density at radius 3 is 2.62 bits per heavy atom. The van der Waals surface area contributed by atoms with Gasteiger partial charge in [0.2, 0.25) is 0 Å². The van der Waals surface area contributed by atoms with E-state index >= 15 is 0 Å². The van der Waals surface area contributed by atoms with Crippen LogP contribution in [0, 0.1) is 6.92 Å². The first-order valence-corrected chi connectivity index (χ1v) is 8.07. The van der Waals surface area contributed by atoms with Crippen LogP contribution in [0.5, 0.6) is 11.5 Å². The number of fused-ring (bicyclic) bond motifs is 3. The number of thiazole rings is 1. The van der Waals surface area contributed by atoms with Crippen LogP contribution in [0.1, 0.15) is 11.5 Å². The van der Waals surface area contributed by atoms with E-state index in [9.17, 15) is 4.79 Å². The normalized spacial score (nSPS) is 12.4. The van der Waals surface area contributed by atoms with Crippen LogP contribution < -0.4 is 19.6 Å². The Morgan fingerprint density at radius 2 is 1.96 bits per heavy atom. The van der Waals surface area contributed by atoms with Crippen LogP contribution in [-0.2, 0) is 0 Å². The lowest BCUT2D eigenvalue weighted by Gasteiger charge is -2.06. The van der Waals surface area contributed by atoms with Gasteiger partial charge >= 0.3 is 0 Å². The second-order valence-corrected chi connectivity index (χ2v) is 6.30. The van der Waals surface area contributed by atoms with Crippen LogP contribution in [0.2, 0.25) is 0 Å². The van der Waals surface area contributed by atoms with Crippen LogP contribution in [0.25, 0.3) is 22.1 Å². The maximum atomic E-state index is 12.8. The Kier molecular flexibility index (Phi) is 3.31. The molecule has 0 spiro atoms. The second-order valence-electron chi connectivity index (χ2n) is 5.29. The average molecular weight is 342 g/mol. The quantitative estimate of drug-likeness (QED) is 0.572. The number of rotatable bonds is 3. The van der Waals surface area contributed by atoms with E-state index < -0.39 is 0 Å². The molecule has 0 atom stereocenters. The summed E-state index contributed by atoms with van der Waals surface area (Å²) in [5.41, 5.74) is 1.26. The molecule has 0 unspecified atom stereocenters. The largest absolute Gasteiger partial charge is 0.493 e. The maximum absolute atomic E-state index is 12.8. The lowest BCUT2D eigenvalue weighted by molar-refractivity contribution is 0.355. The monoisotopic (exact) mass is 342 g/mol. The Balaban J connectivity index is 2.00. The van der Waals surface area contributed by atoms with Gasteiger partial charge in [0.25, 0.3) is 5.56 Å². The third-order valence-electron chi connectivity index (χ3n) is 3.78. The van der Waals surface area contributed by atoms with Gasteiger partial charge in [-0.05, 0) is 19.1 Å². The van der Waals surface area contributed by atoms with Crippen molar-refractivity contribution in [2.45, 2.75) is 6.92 Å². The molecule has 0 radical (unpaired) electrons. The van der Waals surface area contributed by atoms with Crippen LogP contribution in [0.3, 0.4) is 0 Å². The SMILES string of the molecule is COc1cc2nc3sc(=Cc4ccc(C)o4)c(=O)n3c2cc1OC. The fraction of sp³-hybridized carbons (Fsp3) is 0.176. The van der Waals surface area contributed by atoms with Crippen LogP contribution in [-0.4, -0.2) is 23.6 Å². The molecule has 3 heterocycles. The van der Waals surface area contributed by atoms with Gasteiger partial charge in [0.15, 0.2) is 16.5 Å². The third-order valence-corrected chi connectivity index (χ3v) is 4.75. The standard InChI is InChI=1S/C17H14N2O4S/c1-9-4-5-10(23-9)6-15-16(20)19-12-8-14(22-3)13(21-2)7-11(12)18-17(19)24-15/h4-8H,1-3H3. The van der Waals surface area contributed by atoms with E-state index in [0.717, 1.165) is 5.76 Å². The second kappa shape index (κ2) is 5.38. The Bertz CT molecular complexity index is 1170. The molecule has 122 valence electrons. The van der Waals surface area contributed by atoms with Crippen molar-refractivity contribution in [1.29, 1.82) is 0 Å². The summed E-state index contributed by atoms with van der Waals surface area (Å²) in [6, 6.07) is 7.24. The first kappa shape index (κ1) is 14.8. The number of hydrogen-bond donors (Lipinski definition) is 0. The minimum Gasteiger partial charge on any atom is -0.493 e. The molecule has 0 aliphatic carbocycles. The number of ether oxygens (including phenoxy) is 2. The first-order chi connectivity index (χ1) is 11.6. The summed E-state index contributed by atoms with van der Waals surface area (Å²) in [5, 5.41) is 0. The molecular weight excluding hydrogens is 328 g/mol. The van der Waals surface area contributed by atoms with Crippen molar-refractivity contribution >= 4 is 33.4 Å². The zero-order chi connectivity index (χ0) is 16.8. The minimum absolute atomic E-state index is 0.126. The number of aryl methyl sites for hydroxylation is 1. The highest BCUT2D eigenvalue weighted by atomic mass is 32.1. The van der Waals surface area contributed by atoms with E-state index in [2.05, 4.69) is 4.98 Å². The molecule has 0 aliphatic heterocycles. The number of imidazole rings is 1. The molecule has 6 nitrogen and oxygen atoms in total. The first-order valence-electron chi connectivity index (χ1n) is 7.26. The molecular formula is C17H14N2O4S. The molecule has 7 heteroatoms. The van der Waals surface area contributed by atoms with Crippen molar-refractivity contribution < 1.29 is 13.9 Å². The van der Waals surface area contributed by atoms with E-state index in [1.807, 2.05) is 19.1 Å². The molecule has 0 fully saturated rings. The molecule has 0 saturated heterocycles. The summed E-state index contributed by atoms with van der Waals surface area (Å²) < 4.78 is 18.3. The molecule has 0 N–H and O–H groups in total. The van der Waals surface area contributed by atoms with E-state index in [1.165, 1.54) is 11.3 Å². The van der Waals surface area contributed by atoms with Crippen molar-refractivity contribution in [3.8, 4) is 11.5 Å². The number of aromatic nitrogens is 2. The molecule has 0 saturated carbocycles.